The first kappa shape index (κ1) is 11.4. The number of hydrogen-bond donors (Lipinski definition) is 1. The van der Waals surface area contributed by atoms with Crippen LogP contribution in [0.15, 0.2) is 17.0 Å². The van der Waals surface area contributed by atoms with Gasteiger partial charge in [-0.15, -0.1) is 0 Å². The summed E-state index contributed by atoms with van der Waals surface area (Å²) < 4.78 is 12.6. The van der Waals surface area contributed by atoms with Gasteiger partial charge in [-0.1, -0.05) is 5.16 Å². The monoisotopic (exact) mass is 249 g/mol. The topological polar surface area (TPSA) is 92.0 Å². The van der Waals surface area contributed by atoms with Crippen LogP contribution in [0.5, 0.6) is 0 Å². The number of aromatic nitrogens is 4. The van der Waals surface area contributed by atoms with E-state index < -0.39 is 0 Å². The molecule has 1 fully saturated rings. The number of nitrogens with two attached hydrogens (primary N) is 1. The molecule has 2 N–H and O–H groups in total. The third-order valence-electron chi connectivity index (χ3n) is 2.90. The summed E-state index contributed by atoms with van der Waals surface area (Å²) in [5.74, 6) is 1.03. The van der Waals surface area contributed by atoms with Crippen molar-refractivity contribution >= 4 is 0 Å². The molecule has 0 amide bonds. The lowest BCUT2D eigenvalue weighted by Crippen LogP contribution is -2.07. The molecule has 1 atom stereocenters. The second-order valence-electron chi connectivity index (χ2n) is 4.24. The maximum Gasteiger partial charge on any atom is 0.278 e. The Balaban J connectivity index is 1.78. The summed E-state index contributed by atoms with van der Waals surface area (Å²) in [5, 5.41) is 3.94. The highest BCUT2D eigenvalue weighted by Gasteiger charge is 2.23. The summed E-state index contributed by atoms with van der Waals surface area (Å²) >= 11 is 0. The molecule has 0 saturated carbocycles. The van der Waals surface area contributed by atoms with Crippen molar-refractivity contribution in [1.82, 2.24) is 19.7 Å². The zero-order valence-corrected chi connectivity index (χ0v) is 9.95. The Hall–Kier alpha value is -1.73. The van der Waals surface area contributed by atoms with Crippen LogP contribution in [0.4, 0.5) is 0 Å². The van der Waals surface area contributed by atoms with E-state index in [1.165, 1.54) is 0 Å². The van der Waals surface area contributed by atoms with Gasteiger partial charge in [0.25, 0.3) is 5.89 Å². The van der Waals surface area contributed by atoms with Gasteiger partial charge >= 0.3 is 0 Å². The van der Waals surface area contributed by atoms with Gasteiger partial charge in [0, 0.05) is 25.9 Å². The predicted molar refractivity (Wildman–Crippen MR) is 62.5 cm³/mol. The molecule has 1 aliphatic rings. The number of hydrogen-bond acceptors (Lipinski definition) is 6. The summed E-state index contributed by atoms with van der Waals surface area (Å²) in [5.41, 5.74) is 6.15. The van der Waals surface area contributed by atoms with E-state index in [1.54, 1.807) is 6.33 Å². The molecular formula is C11H15N5O2. The minimum atomic E-state index is -0.0337. The molecule has 1 aliphatic heterocycles. The smallest absolute Gasteiger partial charge is 0.278 e. The minimum absolute atomic E-state index is 0.0337. The average Bonchev–Trinajstić information content (AvgIpc) is 3.10. The Labute approximate surface area is 104 Å². The SMILES string of the molecule is NCCn1cnc(-c2nc(C3CCCO3)no2)c1. The molecule has 0 bridgehead atoms. The molecule has 3 rings (SSSR count). The van der Waals surface area contributed by atoms with E-state index in [9.17, 15) is 0 Å². The molecule has 1 saturated heterocycles. The Morgan fingerprint density at radius 1 is 1.50 bits per heavy atom. The van der Waals surface area contributed by atoms with E-state index in [-0.39, 0.29) is 6.10 Å². The fourth-order valence-electron chi connectivity index (χ4n) is 1.99. The summed E-state index contributed by atoms with van der Waals surface area (Å²) in [6.07, 6.45) is 5.51. The first-order valence-corrected chi connectivity index (χ1v) is 6.04. The van der Waals surface area contributed by atoms with Gasteiger partial charge in [-0.2, -0.15) is 4.98 Å². The molecule has 3 heterocycles. The van der Waals surface area contributed by atoms with Gasteiger partial charge in [0.15, 0.2) is 0 Å². The van der Waals surface area contributed by atoms with E-state index in [0.29, 0.717) is 24.0 Å². The van der Waals surface area contributed by atoms with Gasteiger partial charge in [-0.25, -0.2) is 4.98 Å². The zero-order valence-electron chi connectivity index (χ0n) is 9.95. The lowest BCUT2D eigenvalue weighted by Gasteiger charge is -2.00. The molecule has 0 aromatic carbocycles. The van der Waals surface area contributed by atoms with Gasteiger partial charge in [0.1, 0.15) is 11.8 Å². The second kappa shape index (κ2) is 4.87. The zero-order chi connectivity index (χ0) is 12.4. The fraction of sp³-hybridized carbons (Fsp3) is 0.545. The van der Waals surface area contributed by atoms with E-state index in [2.05, 4.69) is 15.1 Å². The Kier molecular flexibility index (Phi) is 3.07. The van der Waals surface area contributed by atoms with Crippen molar-refractivity contribution in [2.24, 2.45) is 5.73 Å². The van der Waals surface area contributed by atoms with Crippen LogP contribution in [0.2, 0.25) is 0 Å². The highest BCUT2D eigenvalue weighted by atomic mass is 16.5. The van der Waals surface area contributed by atoms with Crippen LogP contribution in [-0.2, 0) is 11.3 Å². The largest absolute Gasteiger partial charge is 0.370 e. The molecule has 7 heteroatoms. The summed E-state index contributed by atoms with van der Waals surface area (Å²) in [4.78, 5) is 8.54. The lowest BCUT2D eigenvalue weighted by atomic mass is 10.2. The summed E-state index contributed by atoms with van der Waals surface area (Å²) in [7, 11) is 0. The maximum absolute atomic E-state index is 5.50. The van der Waals surface area contributed by atoms with E-state index in [0.717, 1.165) is 26.0 Å². The fourth-order valence-corrected chi connectivity index (χ4v) is 1.99. The maximum atomic E-state index is 5.50. The molecule has 0 aliphatic carbocycles. The highest BCUT2D eigenvalue weighted by Crippen LogP contribution is 2.27. The molecule has 7 nitrogen and oxygen atoms in total. The van der Waals surface area contributed by atoms with Crippen LogP contribution in [0.25, 0.3) is 11.6 Å². The number of imidazole rings is 1. The molecule has 1 unspecified atom stereocenters. The van der Waals surface area contributed by atoms with Gasteiger partial charge < -0.3 is 19.6 Å². The van der Waals surface area contributed by atoms with Gasteiger partial charge in [-0.05, 0) is 12.8 Å². The van der Waals surface area contributed by atoms with Gasteiger partial charge in [-0.3, -0.25) is 0 Å². The summed E-state index contributed by atoms with van der Waals surface area (Å²) in [6.45, 7) is 2.06. The van der Waals surface area contributed by atoms with Crippen LogP contribution in [-0.4, -0.2) is 32.8 Å². The number of rotatable bonds is 4. The third-order valence-corrected chi connectivity index (χ3v) is 2.90. The second-order valence-corrected chi connectivity index (χ2v) is 4.24. The van der Waals surface area contributed by atoms with Crippen LogP contribution >= 0.6 is 0 Å². The first-order chi connectivity index (χ1) is 8.86. The predicted octanol–water partition coefficient (Wildman–Crippen LogP) is 0.743. The molecule has 0 radical (unpaired) electrons. The van der Waals surface area contributed by atoms with E-state index >= 15 is 0 Å². The number of nitrogens with zero attached hydrogens (tertiary/aromatic N) is 4. The average molecular weight is 249 g/mol. The Morgan fingerprint density at radius 3 is 3.22 bits per heavy atom. The van der Waals surface area contributed by atoms with Crippen molar-refractivity contribution in [2.45, 2.75) is 25.5 Å². The minimum Gasteiger partial charge on any atom is -0.370 e. The molecule has 0 spiro atoms. The molecular weight excluding hydrogens is 234 g/mol. The lowest BCUT2D eigenvalue weighted by molar-refractivity contribution is 0.103. The Bertz CT molecular complexity index is 515. The molecule has 96 valence electrons. The van der Waals surface area contributed by atoms with Crippen LogP contribution in [0.3, 0.4) is 0 Å². The normalized spacial score (nSPS) is 19.5. The first-order valence-electron chi connectivity index (χ1n) is 6.04. The highest BCUT2D eigenvalue weighted by molar-refractivity contribution is 5.44. The summed E-state index contributed by atoms with van der Waals surface area (Å²) in [6, 6.07) is 0. The van der Waals surface area contributed by atoms with E-state index in [1.807, 2.05) is 10.8 Å². The van der Waals surface area contributed by atoms with Crippen LogP contribution in [0.1, 0.15) is 24.8 Å². The van der Waals surface area contributed by atoms with Crippen LogP contribution < -0.4 is 5.73 Å². The van der Waals surface area contributed by atoms with Crippen molar-refractivity contribution in [1.29, 1.82) is 0 Å². The standard InChI is InChI=1S/C11H15N5O2/c12-3-4-16-6-8(13-7-16)11-14-10(15-18-11)9-2-1-5-17-9/h6-7,9H,1-5,12H2. The van der Waals surface area contributed by atoms with Crippen LogP contribution in [0, 0.1) is 0 Å². The van der Waals surface area contributed by atoms with Crippen molar-refractivity contribution in [3.8, 4) is 11.6 Å². The quantitative estimate of drug-likeness (QED) is 0.859. The van der Waals surface area contributed by atoms with Gasteiger partial charge in [0.2, 0.25) is 5.82 Å². The van der Waals surface area contributed by atoms with Crippen molar-refractivity contribution in [3.63, 3.8) is 0 Å². The van der Waals surface area contributed by atoms with Crippen molar-refractivity contribution in [3.05, 3.63) is 18.3 Å². The number of ether oxygens (including phenoxy) is 1. The third kappa shape index (κ3) is 2.14. The van der Waals surface area contributed by atoms with Gasteiger partial charge in [0.05, 0.1) is 6.33 Å². The Morgan fingerprint density at radius 2 is 2.44 bits per heavy atom. The van der Waals surface area contributed by atoms with E-state index in [4.69, 9.17) is 15.0 Å². The molecule has 18 heavy (non-hydrogen) atoms. The molecule has 2 aromatic heterocycles. The van der Waals surface area contributed by atoms with Crippen molar-refractivity contribution in [2.75, 3.05) is 13.2 Å². The van der Waals surface area contributed by atoms with Crippen molar-refractivity contribution < 1.29 is 9.26 Å². The molecule has 2 aromatic rings.